The third kappa shape index (κ3) is 4.30. The molecule has 0 saturated carbocycles. The number of fused-ring (bicyclic) bond motifs is 1. The Kier molecular flexibility index (Phi) is 5.71. The van der Waals surface area contributed by atoms with Gasteiger partial charge in [0.2, 0.25) is 10.0 Å². The molecule has 0 bridgehead atoms. The normalized spacial score (nSPS) is 12.6. The molecule has 1 aromatic heterocycles. The highest BCUT2D eigenvalue weighted by atomic mass is 32.2. The van der Waals surface area contributed by atoms with E-state index in [1.165, 1.54) is 30.7 Å². The number of thioether (sulfide) groups is 1. The van der Waals surface area contributed by atoms with E-state index in [0.717, 1.165) is 22.7 Å². The number of rotatable bonds is 7. The average Bonchev–Trinajstić information content (AvgIpc) is 3.22. The zero-order chi connectivity index (χ0) is 21.1. The van der Waals surface area contributed by atoms with Gasteiger partial charge in [0.05, 0.1) is 17.1 Å². The maximum atomic E-state index is 12.2. The number of benzene rings is 2. The molecular formula is C20H20N6O2S2. The van der Waals surface area contributed by atoms with Crippen LogP contribution in [0.1, 0.15) is 11.1 Å². The molecule has 0 aliphatic carbocycles. The molecule has 0 spiro atoms. The van der Waals surface area contributed by atoms with E-state index in [1.54, 1.807) is 24.3 Å². The molecule has 0 atom stereocenters. The summed E-state index contributed by atoms with van der Waals surface area (Å²) in [6, 6.07) is 12.8. The lowest BCUT2D eigenvalue weighted by molar-refractivity contribution is 0.588. The molecular weight excluding hydrogens is 420 g/mol. The van der Waals surface area contributed by atoms with Crippen LogP contribution in [0, 0.1) is 0 Å². The molecule has 0 radical (unpaired) electrons. The Bertz CT molecular complexity index is 1230. The molecule has 2 aromatic carbocycles. The molecule has 0 amide bonds. The van der Waals surface area contributed by atoms with E-state index >= 15 is 0 Å². The van der Waals surface area contributed by atoms with Gasteiger partial charge in [0, 0.05) is 22.9 Å². The summed E-state index contributed by atoms with van der Waals surface area (Å²) >= 11 is 1.51. The molecule has 0 fully saturated rings. The fourth-order valence-electron chi connectivity index (χ4n) is 3.03. The monoisotopic (exact) mass is 440 g/mol. The lowest BCUT2D eigenvalue weighted by atomic mass is 10.1. The first-order chi connectivity index (χ1) is 14.5. The maximum absolute atomic E-state index is 12.2. The number of hydrogen-bond donors (Lipinski definition) is 3. The van der Waals surface area contributed by atoms with Crippen molar-refractivity contribution < 1.29 is 8.42 Å². The first-order valence-corrected chi connectivity index (χ1v) is 11.8. The smallest absolute Gasteiger partial charge is 0.240 e. The van der Waals surface area contributed by atoms with Crippen LogP contribution in [0.25, 0.3) is 0 Å². The van der Waals surface area contributed by atoms with Gasteiger partial charge in [-0.15, -0.1) is 11.8 Å². The second kappa shape index (κ2) is 8.42. The number of sulfonamides is 1. The van der Waals surface area contributed by atoms with E-state index in [-0.39, 0.29) is 4.90 Å². The number of anilines is 4. The molecule has 154 valence electrons. The fourth-order valence-corrected chi connectivity index (χ4v) is 4.32. The van der Waals surface area contributed by atoms with Gasteiger partial charge in [-0.3, -0.25) is 4.99 Å². The first-order valence-electron chi connectivity index (χ1n) is 9.09. The van der Waals surface area contributed by atoms with Crippen LogP contribution in [0.3, 0.4) is 0 Å². The number of aliphatic imine (C=N–C) groups is 1. The van der Waals surface area contributed by atoms with Crippen molar-refractivity contribution >= 4 is 51.0 Å². The van der Waals surface area contributed by atoms with Gasteiger partial charge in [-0.25, -0.2) is 23.1 Å². The van der Waals surface area contributed by atoms with Gasteiger partial charge in [-0.1, -0.05) is 6.07 Å². The minimum absolute atomic E-state index is 0.178. The van der Waals surface area contributed by atoms with Gasteiger partial charge < -0.3 is 10.6 Å². The number of nitrogens with zero attached hydrogens (tertiary/aromatic N) is 3. The Morgan fingerprint density at radius 2 is 1.80 bits per heavy atom. The van der Waals surface area contributed by atoms with Crippen molar-refractivity contribution in [3.05, 3.63) is 59.9 Å². The van der Waals surface area contributed by atoms with Crippen molar-refractivity contribution in [2.24, 2.45) is 4.99 Å². The second-order valence-electron chi connectivity index (χ2n) is 6.49. The minimum atomic E-state index is -3.55. The van der Waals surface area contributed by atoms with E-state index in [1.807, 2.05) is 30.7 Å². The molecule has 0 unspecified atom stereocenters. The average molecular weight is 441 g/mol. The molecule has 30 heavy (non-hydrogen) atoms. The Hall–Kier alpha value is -2.95. The van der Waals surface area contributed by atoms with Gasteiger partial charge in [0.25, 0.3) is 0 Å². The molecule has 2 heterocycles. The van der Waals surface area contributed by atoms with Crippen molar-refractivity contribution in [3.63, 3.8) is 0 Å². The SMILES string of the molecule is CNS(=O)(=O)c1ccc(SC)c(Nc2cc(Nc3ccc4c(c3)C=NC4)ncn2)c1. The summed E-state index contributed by atoms with van der Waals surface area (Å²) in [5.74, 6) is 1.16. The molecule has 10 heteroatoms. The largest absolute Gasteiger partial charge is 0.340 e. The van der Waals surface area contributed by atoms with E-state index in [9.17, 15) is 8.42 Å². The van der Waals surface area contributed by atoms with Crippen LogP contribution in [0.5, 0.6) is 0 Å². The summed E-state index contributed by atoms with van der Waals surface area (Å²) in [6.07, 6.45) is 5.24. The third-order valence-corrected chi connectivity index (χ3v) is 6.80. The van der Waals surface area contributed by atoms with Gasteiger partial charge in [-0.05, 0) is 54.8 Å². The summed E-state index contributed by atoms with van der Waals surface area (Å²) in [7, 11) is -2.16. The van der Waals surface area contributed by atoms with E-state index in [0.29, 0.717) is 17.3 Å². The number of aromatic nitrogens is 2. The molecule has 1 aliphatic rings. The predicted octanol–water partition coefficient (Wildman–Crippen LogP) is 3.53. The summed E-state index contributed by atoms with van der Waals surface area (Å²) in [5.41, 5.74) is 3.85. The van der Waals surface area contributed by atoms with Crippen molar-refractivity contribution in [1.29, 1.82) is 0 Å². The first kappa shape index (κ1) is 20.3. The topological polar surface area (TPSA) is 108 Å². The summed E-state index contributed by atoms with van der Waals surface area (Å²) in [6.45, 7) is 0.720. The Morgan fingerprint density at radius 3 is 2.57 bits per heavy atom. The number of nitrogens with one attached hydrogen (secondary N) is 3. The van der Waals surface area contributed by atoms with Gasteiger partial charge in [0.1, 0.15) is 18.0 Å². The quantitative estimate of drug-likeness (QED) is 0.482. The van der Waals surface area contributed by atoms with Crippen LogP contribution >= 0.6 is 11.8 Å². The molecule has 8 nitrogen and oxygen atoms in total. The predicted molar refractivity (Wildman–Crippen MR) is 121 cm³/mol. The van der Waals surface area contributed by atoms with Crippen LogP contribution < -0.4 is 15.4 Å². The minimum Gasteiger partial charge on any atom is -0.340 e. The Morgan fingerprint density at radius 1 is 1.00 bits per heavy atom. The van der Waals surface area contributed by atoms with Gasteiger partial charge >= 0.3 is 0 Å². The van der Waals surface area contributed by atoms with Crippen molar-refractivity contribution in [2.75, 3.05) is 23.9 Å². The lowest BCUT2D eigenvalue weighted by Crippen LogP contribution is -2.18. The van der Waals surface area contributed by atoms with Crippen molar-refractivity contribution in [3.8, 4) is 0 Å². The van der Waals surface area contributed by atoms with Crippen LogP contribution in [0.15, 0.2) is 63.6 Å². The molecule has 3 N–H and O–H groups in total. The van der Waals surface area contributed by atoms with Gasteiger partial charge in [-0.2, -0.15) is 0 Å². The fraction of sp³-hybridized carbons (Fsp3) is 0.150. The van der Waals surface area contributed by atoms with Crippen LogP contribution in [0.2, 0.25) is 0 Å². The number of hydrogen-bond acceptors (Lipinski definition) is 8. The molecule has 3 aromatic rings. The summed E-state index contributed by atoms with van der Waals surface area (Å²) < 4.78 is 26.6. The highest BCUT2D eigenvalue weighted by Crippen LogP contribution is 2.31. The zero-order valence-corrected chi connectivity index (χ0v) is 18.0. The Labute approximate surface area is 179 Å². The summed E-state index contributed by atoms with van der Waals surface area (Å²) in [4.78, 5) is 13.9. The standard InChI is InChI=1S/C20H20N6O2S2/c1-21-30(27,28)16-5-6-18(29-2)17(8-16)26-20-9-19(23-12-24-20)25-15-4-3-13-10-22-11-14(13)7-15/h3-9,11-12,21H,10H2,1-2H3,(H2,23,24,25,26). The third-order valence-electron chi connectivity index (χ3n) is 4.59. The lowest BCUT2D eigenvalue weighted by Gasteiger charge is -2.13. The van der Waals surface area contributed by atoms with Crippen molar-refractivity contribution in [1.82, 2.24) is 14.7 Å². The van der Waals surface area contributed by atoms with E-state index in [2.05, 4.69) is 30.3 Å². The Balaban J connectivity index is 1.59. The van der Waals surface area contributed by atoms with Gasteiger partial charge in [0.15, 0.2) is 0 Å². The highest BCUT2D eigenvalue weighted by molar-refractivity contribution is 7.98. The van der Waals surface area contributed by atoms with E-state index in [4.69, 9.17) is 0 Å². The molecule has 0 saturated heterocycles. The van der Waals surface area contributed by atoms with Crippen molar-refractivity contribution in [2.45, 2.75) is 16.3 Å². The highest BCUT2D eigenvalue weighted by Gasteiger charge is 2.14. The summed E-state index contributed by atoms with van der Waals surface area (Å²) in [5, 5.41) is 6.47. The van der Waals surface area contributed by atoms with Crippen LogP contribution in [-0.2, 0) is 16.6 Å². The van der Waals surface area contributed by atoms with Crippen LogP contribution in [0.4, 0.5) is 23.0 Å². The van der Waals surface area contributed by atoms with E-state index < -0.39 is 10.0 Å². The second-order valence-corrected chi connectivity index (χ2v) is 9.23. The molecule has 1 aliphatic heterocycles. The molecule has 4 rings (SSSR count). The maximum Gasteiger partial charge on any atom is 0.240 e. The van der Waals surface area contributed by atoms with Crippen LogP contribution in [-0.4, -0.2) is 37.9 Å². The zero-order valence-electron chi connectivity index (χ0n) is 16.4.